The molecule has 94 valence electrons. The molecule has 0 radical (unpaired) electrons. The van der Waals surface area contributed by atoms with E-state index >= 15 is 0 Å². The number of halogens is 1. The summed E-state index contributed by atoms with van der Waals surface area (Å²) in [6.07, 6.45) is 6.76. The molecule has 1 aromatic rings. The predicted molar refractivity (Wildman–Crippen MR) is 67.1 cm³/mol. The maximum atomic E-state index is 5.84. The molecule has 0 aromatic carbocycles. The Kier molecular flexibility index (Phi) is 4.77. The lowest BCUT2D eigenvalue weighted by atomic mass is 9.95. The highest BCUT2D eigenvalue weighted by molar-refractivity contribution is 6.30. The second-order valence-corrected chi connectivity index (χ2v) is 4.85. The molecule has 2 rings (SSSR count). The number of aromatic nitrogens is 1. The lowest BCUT2D eigenvalue weighted by Crippen LogP contribution is -2.25. The van der Waals surface area contributed by atoms with Crippen molar-refractivity contribution in [3.8, 4) is 0 Å². The fourth-order valence-corrected chi connectivity index (χ4v) is 2.24. The fraction of sp³-hybridized carbons (Fsp3) is 0.615. The molecule has 1 aromatic heterocycles. The van der Waals surface area contributed by atoms with Gasteiger partial charge in [-0.25, -0.2) is 0 Å². The molecule has 0 amide bonds. The van der Waals surface area contributed by atoms with Crippen LogP contribution in [0.25, 0.3) is 0 Å². The van der Waals surface area contributed by atoms with Crippen LogP contribution in [0.5, 0.6) is 0 Å². The third kappa shape index (κ3) is 3.95. The Bertz CT molecular complexity index is 334. The maximum absolute atomic E-state index is 5.84. The molecule has 0 N–H and O–H groups in total. The minimum Gasteiger partial charge on any atom is -0.381 e. The van der Waals surface area contributed by atoms with Crippen LogP contribution in [0.15, 0.2) is 18.3 Å². The van der Waals surface area contributed by atoms with E-state index in [2.05, 4.69) is 4.98 Å². The van der Waals surface area contributed by atoms with Crippen LogP contribution in [0.3, 0.4) is 0 Å². The number of nitrogens with zero attached hydrogens (tertiary/aromatic N) is 1. The van der Waals surface area contributed by atoms with Gasteiger partial charge in [-0.2, -0.15) is 0 Å². The zero-order valence-corrected chi connectivity index (χ0v) is 10.8. The molecule has 0 aliphatic heterocycles. The second kappa shape index (κ2) is 6.34. The highest BCUT2D eigenvalue weighted by Gasteiger charge is 2.21. The molecule has 1 saturated carbocycles. The monoisotopic (exact) mass is 255 g/mol. The van der Waals surface area contributed by atoms with Crippen molar-refractivity contribution in [2.75, 3.05) is 7.11 Å². The van der Waals surface area contributed by atoms with E-state index in [1.807, 2.05) is 12.1 Å². The third-order valence-electron chi connectivity index (χ3n) is 3.21. The Morgan fingerprint density at radius 2 is 1.94 bits per heavy atom. The second-order valence-electron chi connectivity index (χ2n) is 4.41. The van der Waals surface area contributed by atoms with Crippen LogP contribution < -0.4 is 0 Å². The highest BCUT2D eigenvalue weighted by Crippen LogP contribution is 2.23. The molecule has 17 heavy (non-hydrogen) atoms. The SMILES string of the molecule is COC1CCC(OCc2ccc(Cl)cn2)CC1. The Balaban J connectivity index is 1.74. The molecule has 0 spiro atoms. The van der Waals surface area contributed by atoms with Gasteiger partial charge in [0.15, 0.2) is 0 Å². The molecule has 1 aliphatic rings. The molecule has 4 heteroatoms. The first-order valence-electron chi connectivity index (χ1n) is 6.03. The van der Waals surface area contributed by atoms with E-state index in [9.17, 15) is 0 Å². The van der Waals surface area contributed by atoms with Crippen molar-refractivity contribution in [2.24, 2.45) is 0 Å². The number of hydrogen-bond acceptors (Lipinski definition) is 3. The van der Waals surface area contributed by atoms with Crippen LogP contribution in [-0.4, -0.2) is 24.3 Å². The summed E-state index contributed by atoms with van der Waals surface area (Å²) in [5.41, 5.74) is 0.934. The van der Waals surface area contributed by atoms with Crippen LogP contribution in [0.1, 0.15) is 31.4 Å². The molecule has 1 fully saturated rings. The topological polar surface area (TPSA) is 31.4 Å². The number of methoxy groups -OCH3 is 1. The lowest BCUT2D eigenvalue weighted by molar-refractivity contribution is -0.0244. The molecule has 0 saturated heterocycles. The predicted octanol–water partition coefficient (Wildman–Crippen LogP) is 3.21. The Morgan fingerprint density at radius 1 is 1.24 bits per heavy atom. The summed E-state index contributed by atoms with van der Waals surface area (Å²) in [5, 5.41) is 0.661. The minimum atomic E-state index is 0.346. The van der Waals surface area contributed by atoms with E-state index in [1.54, 1.807) is 13.3 Å². The summed E-state index contributed by atoms with van der Waals surface area (Å²) < 4.78 is 11.2. The molecular weight excluding hydrogens is 238 g/mol. The summed E-state index contributed by atoms with van der Waals surface area (Å²) in [6, 6.07) is 3.75. The maximum Gasteiger partial charge on any atom is 0.0891 e. The summed E-state index contributed by atoms with van der Waals surface area (Å²) in [6.45, 7) is 0.569. The average Bonchev–Trinajstić information content (AvgIpc) is 2.39. The van der Waals surface area contributed by atoms with Crippen molar-refractivity contribution in [1.82, 2.24) is 4.98 Å². The van der Waals surface area contributed by atoms with Gasteiger partial charge >= 0.3 is 0 Å². The molecule has 1 heterocycles. The van der Waals surface area contributed by atoms with E-state index in [0.29, 0.717) is 23.8 Å². The van der Waals surface area contributed by atoms with E-state index in [1.165, 1.54) is 0 Å². The van der Waals surface area contributed by atoms with Crippen molar-refractivity contribution in [3.05, 3.63) is 29.0 Å². The average molecular weight is 256 g/mol. The van der Waals surface area contributed by atoms with Gasteiger partial charge in [0.1, 0.15) is 0 Å². The zero-order valence-electron chi connectivity index (χ0n) is 10.1. The van der Waals surface area contributed by atoms with Crippen LogP contribution in [0.2, 0.25) is 5.02 Å². The first-order chi connectivity index (χ1) is 8.28. The number of hydrogen-bond donors (Lipinski definition) is 0. The van der Waals surface area contributed by atoms with Crippen molar-refractivity contribution in [2.45, 2.75) is 44.5 Å². The van der Waals surface area contributed by atoms with Gasteiger partial charge in [0.25, 0.3) is 0 Å². The summed E-state index contributed by atoms with van der Waals surface area (Å²) in [7, 11) is 1.78. The van der Waals surface area contributed by atoms with E-state index < -0.39 is 0 Å². The van der Waals surface area contributed by atoms with Crippen molar-refractivity contribution < 1.29 is 9.47 Å². The number of pyridine rings is 1. The first kappa shape index (κ1) is 12.8. The summed E-state index contributed by atoms with van der Waals surface area (Å²) >= 11 is 5.78. The third-order valence-corrected chi connectivity index (χ3v) is 3.43. The van der Waals surface area contributed by atoms with E-state index in [-0.39, 0.29) is 0 Å². The Morgan fingerprint density at radius 3 is 2.53 bits per heavy atom. The largest absolute Gasteiger partial charge is 0.381 e. The van der Waals surface area contributed by atoms with Crippen LogP contribution in [0.4, 0.5) is 0 Å². The molecule has 0 unspecified atom stereocenters. The van der Waals surface area contributed by atoms with Crippen molar-refractivity contribution in [3.63, 3.8) is 0 Å². The Labute approximate surface area is 107 Å². The fourth-order valence-electron chi connectivity index (χ4n) is 2.13. The smallest absolute Gasteiger partial charge is 0.0891 e. The quantitative estimate of drug-likeness (QED) is 0.828. The van der Waals surface area contributed by atoms with Gasteiger partial charge in [-0.3, -0.25) is 4.98 Å². The normalized spacial score (nSPS) is 24.8. The van der Waals surface area contributed by atoms with Crippen molar-refractivity contribution >= 4 is 11.6 Å². The van der Waals surface area contributed by atoms with Gasteiger partial charge in [0, 0.05) is 13.3 Å². The van der Waals surface area contributed by atoms with E-state index in [0.717, 1.165) is 31.4 Å². The summed E-state index contributed by atoms with van der Waals surface area (Å²) in [4.78, 5) is 4.21. The van der Waals surface area contributed by atoms with Crippen LogP contribution in [0, 0.1) is 0 Å². The molecule has 1 aliphatic carbocycles. The van der Waals surface area contributed by atoms with E-state index in [4.69, 9.17) is 21.1 Å². The van der Waals surface area contributed by atoms with Gasteiger partial charge < -0.3 is 9.47 Å². The molecule has 0 bridgehead atoms. The zero-order chi connectivity index (χ0) is 12.1. The van der Waals surface area contributed by atoms with Gasteiger partial charge in [-0.05, 0) is 37.8 Å². The Hall–Kier alpha value is -0.640. The first-order valence-corrected chi connectivity index (χ1v) is 6.40. The standard InChI is InChI=1S/C13H18ClNO2/c1-16-12-4-6-13(7-5-12)17-9-11-3-2-10(14)8-15-11/h2-3,8,12-13H,4-7,9H2,1H3. The lowest BCUT2D eigenvalue weighted by Gasteiger charge is -2.27. The minimum absolute atomic E-state index is 0.346. The van der Waals surface area contributed by atoms with Gasteiger partial charge in [0.05, 0.1) is 29.5 Å². The van der Waals surface area contributed by atoms with Gasteiger partial charge in [-0.1, -0.05) is 11.6 Å². The van der Waals surface area contributed by atoms with Crippen LogP contribution >= 0.6 is 11.6 Å². The number of rotatable bonds is 4. The summed E-state index contributed by atoms with van der Waals surface area (Å²) in [5.74, 6) is 0. The van der Waals surface area contributed by atoms with Crippen LogP contribution in [-0.2, 0) is 16.1 Å². The molecular formula is C13H18ClNO2. The van der Waals surface area contributed by atoms with Gasteiger partial charge in [-0.15, -0.1) is 0 Å². The molecule has 3 nitrogen and oxygen atoms in total. The highest BCUT2D eigenvalue weighted by atomic mass is 35.5. The number of ether oxygens (including phenoxy) is 2. The molecule has 0 atom stereocenters. The van der Waals surface area contributed by atoms with Crippen molar-refractivity contribution in [1.29, 1.82) is 0 Å². The van der Waals surface area contributed by atoms with Gasteiger partial charge in [0.2, 0.25) is 0 Å².